The van der Waals surface area contributed by atoms with E-state index in [0.717, 1.165) is 5.56 Å². The van der Waals surface area contributed by atoms with Crippen molar-refractivity contribution in [2.45, 2.75) is 104 Å². The van der Waals surface area contributed by atoms with Gasteiger partial charge in [0.1, 0.15) is 23.3 Å². The molecule has 3 N–H and O–H groups in total. The fourth-order valence-corrected chi connectivity index (χ4v) is 3.85. The van der Waals surface area contributed by atoms with Gasteiger partial charge in [-0.15, -0.1) is 0 Å². The minimum Gasteiger partial charge on any atom is -0.458 e. The van der Waals surface area contributed by atoms with Crippen molar-refractivity contribution in [3.63, 3.8) is 0 Å². The third-order valence-corrected chi connectivity index (χ3v) is 5.61. The van der Waals surface area contributed by atoms with Gasteiger partial charge in [-0.25, -0.2) is 9.59 Å². The molecule has 0 radical (unpaired) electrons. The molecule has 0 aliphatic carbocycles. The molecule has 1 rings (SSSR count). The molecule has 3 atom stereocenters. The third-order valence-electron chi connectivity index (χ3n) is 4.95. The first-order valence-corrected chi connectivity index (χ1v) is 14.7. The van der Waals surface area contributed by atoms with Crippen molar-refractivity contribution in [1.82, 2.24) is 16.0 Å². The molecular weight excluding hydrogens is 534 g/mol. The molecule has 0 bridgehead atoms. The number of carbonyl (C=O) groups excluding carboxylic acids is 4. The SMILES string of the molecule is CSC[C@H](NC(=O)[C@H](Cc1ccccc1)NC(=O)OC(C)(C)C)C(=O)N[C@@H](COC(C)(C)C)C(=O)OC(C)(C)C. The Kier molecular flexibility index (Phi) is 13.5. The van der Waals surface area contributed by atoms with Crippen LogP contribution in [0.3, 0.4) is 0 Å². The maximum Gasteiger partial charge on any atom is 0.408 e. The van der Waals surface area contributed by atoms with Gasteiger partial charge in [0.25, 0.3) is 0 Å². The summed E-state index contributed by atoms with van der Waals surface area (Å²) in [5.74, 6) is -1.56. The van der Waals surface area contributed by atoms with Crippen LogP contribution in [-0.4, -0.2) is 77.4 Å². The average Bonchev–Trinajstić information content (AvgIpc) is 2.78. The van der Waals surface area contributed by atoms with E-state index in [0.29, 0.717) is 0 Å². The van der Waals surface area contributed by atoms with Crippen molar-refractivity contribution in [1.29, 1.82) is 0 Å². The summed E-state index contributed by atoms with van der Waals surface area (Å²) in [6, 6.07) is 6.08. The summed E-state index contributed by atoms with van der Waals surface area (Å²) in [5.41, 5.74) is -1.28. The normalized spacial score (nSPS) is 14.3. The van der Waals surface area contributed by atoms with Gasteiger partial charge in [0.05, 0.1) is 12.2 Å². The second kappa shape index (κ2) is 15.3. The van der Waals surface area contributed by atoms with Crippen LogP contribution in [0.5, 0.6) is 0 Å². The monoisotopic (exact) mass is 581 g/mol. The number of hydrogen-bond acceptors (Lipinski definition) is 8. The van der Waals surface area contributed by atoms with E-state index in [4.69, 9.17) is 14.2 Å². The molecule has 40 heavy (non-hydrogen) atoms. The van der Waals surface area contributed by atoms with E-state index < -0.39 is 58.8 Å². The van der Waals surface area contributed by atoms with Crippen molar-refractivity contribution in [3.8, 4) is 0 Å². The van der Waals surface area contributed by atoms with Gasteiger partial charge in [0, 0.05) is 12.2 Å². The molecule has 0 unspecified atom stereocenters. The number of esters is 1. The Bertz CT molecular complexity index is 982. The Morgan fingerprint density at radius 3 is 1.75 bits per heavy atom. The molecule has 0 aliphatic heterocycles. The summed E-state index contributed by atoms with van der Waals surface area (Å²) < 4.78 is 16.6. The number of thioether (sulfide) groups is 1. The lowest BCUT2D eigenvalue weighted by molar-refractivity contribution is -0.162. The van der Waals surface area contributed by atoms with E-state index in [1.165, 1.54) is 11.8 Å². The topological polar surface area (TPSA) is 132 Å². The number of hydrogen-bond donors (Lipinski definition) is 3. The molecule has 0 saturated heterocycles. The highest BCUT2D eigenvalue weighted by Crippen LogP contribution is 2.13. The summed E-state index contributed by atoms with van der Waals surface area (Å²) in [5, 5.41) is 8.04. The first kappa shape index (κ1) is 35.2. The van der Waals surface area contributed by atoms with E-state index in [9.17, 15) is 19.2 Å². The standard InChI is InChI=1S/C29H47N3O7S/c1-27(2,3)37-17-21(25(35)38-28(4,5)6)30-24(34)22(18-40-10)31-23(33)20(16-19-14-12-11-13-15-19)32-26(36)39-29(7,8)9/h11-15,20-22H,16-18H2,1-10H3,(H,30,34)(H,31,33)(H,32,36)/t20-,21-,22-/m0/s1. The predicted octanol–water partition coefficient (Wildman–Crippen LogP) is 3.61. The van der Waals surface area contributed by atoms with Gasteiger partial charge in [-0.1, -0.05) is 30.3 Å². The van der Waals surface area contributed by atoms with E-state index in [1.807, 2.05) is 51.1 Å². The Morgan fingerprint density at radius 2 is 1.25 bits per heavy atom. The smallest absolute Gasteiger partial charge is 0.408 e. The Balaban J connectivity index is 3.12. The highest BCUT2D eigenvalue weighted by atomic mass is 32.2. The number of nitrogens with one attached hydrogen (secondary N) is 3. The molecule has 0 saturated carbocycles. The minimum absolute atomic E-state index is 0.110. The largest absolute Gasteiger partial charge is 0.458 e. The first-order chi connectivity index (χ1) is 18.3. The van der Waals surface area contributed by atoms with E-state index >= 15 is 0 Å². The van der Waals surface area contributed by atoms with Crippen molar-refractivity contribution >= 4 is 35.6 Å². The maximum atomic E-state index is 13.4. The van der Waals surface area contributed by atoms with Gasteiger partial charge in [-0.3, -0.25) is 9.59 Å². The second-order valence-corrected chi connectivity index (χ2v) is 13.3. The molecule has 1 aromatic rings. The van der Waals surface area contributed by atoms with Gasteiger partial charge in [0.15, 0.2) is 6.04 Å². The molecule has 0 fully saturated rings. The highest BCUT2D eigenvalue weighted by Gasteiger charge is 2.33. The molecule has 1 aromatic carbocycles. The zero-order valence-electron chi connectivity index (χ0n) is 25.5. The van der Waals surface area contributed by atoms with Crippen LogP contribution in [-0.2, 0) is 35.0 Å². The number of alkyl carbamates (subject to hydrolysis) is 1. The first-order valence-electron chi connectivity index (χ1n) is 13.3. The van der Waals surface area contributed by atoms with Crippen LogP contribution >= 0.6 is 11.8 Å². The molecule has 226 valence electrons. The van der Waals surface area contributed by atoms with E-state index in [2.05, 4.69) is 16.0 Å². The molecule has 11 heteroatoms. The number of rotatable bonds is 12. The molecule has 0 spiro atoms. The fraction of sp³-hybridized carbons (Fsp3) is 0.655. The molecule has 10 nitrogen and oxygen atoms in total. The van der Waals surface area contributed by atoms with Gasteiger partial charge >= 0.3 is 12.1 Å². The Hall–Kier alpha value is -2.79. The zero-order chi connectivity index (χ0) is 30.7. The molecule has 0 aliphatic rings. The average molecular weight is 582 g/mol. The quantitative estimate of drug-likeness (QED) is 0.319. The predicted molar refractivity (Wildman–Crippen MR) is 157 cm³/mol. The number of carbonyl (C=O) groups is 4. The minimum atomic E-state index is -1.09. The van der Waals surface area contributed by atoms with Crippen LogP contribution in [0.2, 0.25) is 0 Å². The fourth-order valence-electron chi connectivity index (χ4n) is 3.28. The zero-order valence-corrected chi connectivity index (χ0v) is 26.3. The van der Waals surface area contributed by atoms with Crippen LogP contribution in [0.1, 0.15) is 67.9 Å². The number of amides is 3. The highest BCUT2D eigenvalue weighted by molar-refractivity contribution is 7.98. The molecule has 3 amide bonds. The number of benzene rings is 1. The lowest BCUT2D eigenvalue weighted by atomic mass is 10.0. The van der Waals surface area contributed by atoms with E-state index in [1.54, 1.807) is 47.8 Å². The summed E-state index contributed by atoms with van der Waals surface area (Å²) in [7, 11) is 0. The van der Waals surface area contributed by atoms with Gasteiger partial charge in [0.2, 0.25) is 11.8 Å². The molecular formula is C29H47N3O7S. The van der Waals surface area contributed by atoms with Crippen LogP contribution in [0.15, 0.2) is 30.3 Å². The summed E-state index contributed by atoms with van der Waals surface area (Å²) in [4.78, 5) is 52.2. The van der Waals surface area contributed by atoms with Gasteiger partial charge in [-0.05, 0) is 74.1 Å². The third kappa shape index (κ3) is 15.1. The Labute approximate surface area is 243 Å². The van der Waals surface area contributed by atoms with Crippen LogP contribution < -0.4 is 16.0 Å². The number of ether oxygens (including phenoxy) is 3. The van der Waals surface area contributed by atoms with Crippen LogP contribution in [0, 0.1) is 0 Å². The molecule has 0 heterocycles. The van der Waals surface area contributed by atoms with Crippen LogP contribution in [0.25, 0.3) is 0 Å². The van der Waals surface area contributed by atoms with Crippen molar-refractivity contribution in [3.05, 3.63) is 35.9 Å². The van der Waals surface area contributed by atoms with Crippen LogP contribution in [0.4, 0.5) is 4.79 Å². The van der Waals surface area contributed by atoms with Crippen molar-refractivity contribution in [2.24, 2.45) is 0 Å². The maximum absolute atomic E-state index is 13.4. The van der Waals surface area contributed by atoms with E-state index in [-0.39, 0.29) is 18.8 Å². The second-order valence-electron chi connectivity index (χ2n) is 12.4. The van der Waals surface area contributed by atoms with Gasteiger partial charge in [-0.2, -0.15) is 11.8 Å². The summed E-state index contributed by atoms with van der Waals surface area (Å²) >= 11 is 1.35. The lowest BCUT2D eigenvalue weighted by Crippen LogP contribution is -2.58. The summed E-state index contributed by atoms with van der Waals surface area (Å²) in [6.07, 6.45) is 1.22. The summed E-state index contributed by atoms with van der Waals surface area (Å²) in [6.45, 7) is 15.8. The molecule has 0 aromatic heterocycles. The lowest BCUT2D eigenvalue weighted by Gasteiger charge is -2.29. The Morgan fingerprint density at radius 1 is 0.725 bits per heavy atom. The van der Waals surface area contributed by atoms with Crippen molar-refractivity contribution < 1.29 is 33.4 Å². The van der Waals surface area contributed by atoms with Gasteiger partial charge < -0.3 is 30.2 Å². The van der Waals surface area contributed by atoms with Crippen molar-refractivity contribution in [2.75, 3.05) is 18.6 Å².